The first-order chi connectivity index (χ1) is 7.19. The van der Waals surface area contributed by atoms with Gasteiger partial charge in [-0.1, -0.05) is 0 Å². The van der Waals surface area contributed by atoms with Crippen molar-refractivity contribution < 1.29 is 15.3 Å². The van der Waals surface area contributed by atoms with Crippen molar-refractivity contribution in [1.82, 2.24) is 4.98 Å². The first-order valence-electron chi connectivity index (χ1n) is 4.47. The molecule has 5 heteroatoms. The van der Waals surface area contributed by atoms with Gasteiger partial charge in [-0.05, 0) is 17.7 Å². The lowest BCUT2D eigenvalue weighted by molar-refractivity contribution is 0.0189. The molecule has 0 fully saturated rings. The highest BCUT2D eigenvalue weighted by atomic mass is 16.3. The molecule has 1 aromatic rings. The molecule has 80 valence electrons. The van der Waals surface area contributed by atoms with Crippen LogP contribution in [0.4, 0.5) is 0 Å². The lowest BCUT2D eigenvalue weighted by Gasteiger charge is -2.14. The normalized spacial score (nSPS) is 14.3. The van der Waals surface area contributed by atoms with Crippen LogP contribution in [0, 0.1) is 11.3 Å². The predicted octanol–water partition coefficient (Wildman–Crippen LogP) is -0.118. The highest BCUT2D eigenvalue weighted by Crippen LogP contribution is 2.17. The van der Waals surface area contributed by atoms with Crippen molar-refractivity contribution in [3.05, 3.63) is 29.6 Å². The summed E-state index contributed by atoms with van der Waals surface area (Å²) in [6.45, 7) is -0.156. The zero-order valence-electron chi connectivity index (χ0n) is 8.04. The van der Waals surface area contributed by atoms with Gasteiger partial charge < -0.3 is 15.3 Å². The van der Waals surface area contributed by atoms with Gasteiger partial charge in [-0.3, -0.25) is 4.98 Å². The molecule has 0 saturated heterocycles. The Balaban J connectivity index is 2.81. The van der Waals surface area contributed by atoms with E-state index >= 15 is 0 Å². The third-order valence-electron chi connectivity index (χ3n) is 2.00. The third-order valence-corrected chi connectivity index (χ3v) is 2.00. The summed E-state index contributed by atoms with van der Waals surface area (Å²) in [7, 11) is 0. The highest BCUT2D eigenvalue weighted by Gasteiger charge is 2.19. The highest BCUT2D eigenvalue weighted by molar-refractivity contribution is 5.18. The molecule has 0 spiro atoms. The Bertz CT molecular complexity index is 362. The molecule has 0 aliphatic heterocycles. The van der Waals surface area contributed by atoms with E-state index in [1.165, 1.54) is 12.3 Å². The van der Waals surface area contributed by atoms with Gasteiger partial charge in [0.25, 0.3) is 0 Å². The molecule has 2 unspecified atom stereocenters. The van der Waals surface area contributed by atoms with E-state index in [0.29, 0.717) is 5.56 Å². The Kier molecular flexibility index (Phi) is 4.18. The molecule has 0 aromatic carbocycles. The number of aliphatic hydroxyl groups excluding tert-OH is 3. The molecule has 0 bridgehead atoms. The second kappa shape index (κ2) is 5.41. The van der Waals surface area contributed by atoms with E-state index < -0.39 is 12.2 Å². The number of nitrogens with zero attached hydrogens (tertiary/aromatic N) is 2. The Morgan fingerprint density at radius 2 is 2.20 bits per heavy atom. The van der Waals surface area contributed by atoms with Gasteiger partial charge in [0, 0.05) is 6.20 Å². The standard InChI is InChI=1S/C10H12N2O3/c11-3-1-9(14)10(15)8-5-7(6-13)2-4-12-8/h2,4-5,9-10,13-15H,1,6H2. The second-order valence-electron chi connectivity index (χ2n) is 3.12. The molecule has 0 radical (unpaired) electrons. The van der Waals surface area contributed by atoms with E-state index in [4.69, 9.17) is 10.4 Å². The maximum absolute atomic E-state index is 9.59. The number of aliphatic hydroxyl groups is 3. The summed E-state index contributed by atoms with van der Waals surface area (Å²) < 4.78 is 0. The molecule has 0 aliphatic carbocycles. The summed E-state index contributed by atoms with van der Waals surface area (Å²) in [5.41, 5.74) is 0.854. The molecule has 1 heterocycles. The van der Waals surface area contributed by atoms with E-state index in [-0.39, 0.29) is 18.7 Å². The van der Waals surface area contributed by atoms with Crippen LogP contribution in [0.3, 0.4) is 0 Å². The number of aromatic nitrogens is 1. The molecule has 1 aromatic heterocycles. The third kappa shape index (κ3) is 2.99. The Hall–Kier alpha value is -1.48. The van der Waals surface area contributed by atoms with Gasteiger partial charge in [0.05, 0.1) is 30.9 Å². The van der Waals surface area contributed by atoms with Crippen molar-refractivity contribution >= 4 is 0 Å². The lowest BCUT2D eigenvalue weighted by atomic mass is 10.1. The fourth-order valence-corrected chi connectivity index (χ4v) is 1.16. The molecule has 15 heavy (non-hydrogen) atoms. The van der Waals surface area contributed by atoms with E-state index in [0.717, 1.165) is 0 Å². The first-order valence-corrected chi connectivity index (χ1v) is 4.47. The van der Waals surface area contributed by atoms with Crippen LogP contribution in [-0.4, -0.2) is 26.4 Å². The van der Waals surface area contributed by atoms with Crippen LogP contribution in [0.2, 0.25) is 0 Å². The number of pyridine rings is 1. The fraction of sp³-hybridized carbons (Fsp3) is 0.400. The molecule has 0 saturated carbocycles. The van der Waals surface area contributed by atoms with Gasteiger partial charge in [0.2, 0.25) is 0 Å². The van der Waals surface area contributed by atoms with Gasteiger partial charge in [0.1, 0.15) is 6.10 Å². The number of hydrogen-bond donors (Lipinski definition) is 3. The maximum atomic E-state index is 9.59. The SMILES string of the molecule is N#CCC(O)C(O)c1cc(CO)ccn1. The van der Waals surface area contributed by atoms with Crippen molar-refractivity contribution in [2.45, 2.75) is 25.2 Å². The van der Waals surface area contributed by atoms with Crippen LogP contribution in [0.25, 0.3) is 0 Å². The van der Waals surface area contributed by atoms with Crippen molar-refractivity contribution in [1.29, 1.82) is 5.26 Å². The van der Waals surface area contributed by atoms with Crippen LogP contribution in [-0.2, 0) is 6.61 Å². The van der Waals surface area contributed by atoms with Crippen molar-refractivity contribution in [2.75, 3.05) is 0 Å². The van der Waals surface area contributed by atoms with E-state index in [2.05, 4.69) is 4.98 Å². The number of rotatable bonds is 4. The average molecular weight is 208 g/mol. The lowest BCUT2D eigenvalue weighted by Crippen LogP contribution is -2.18. The van der Waals surface area contributed by atoms with Gasteiger partial charge in [-0.15, -0.1) is 0 Å². The Labute approximate surface area is 87.3 Å². The zero-order valence-corrected chi connectivity index (χ0v) is 8.04. The molecule has 2 atom stereocenters. The van der Waals surface area contributed by atoms with E-state index in [9.17, 15) is 10.2 Å². The number of nitriles is 1. The van der Waals surface area contributed by atoms with Crippen LogP contribution >= 0.6 is 0 Å². The summed E-state index contributed by atoms with van der Waals surface area (Å²) >= 11 is 0. The smallest absolute Gasteiger partial charge is 0.123 e. The predicted molar refractivity (Wildman–Crippen MR) is 51.4 cm³/mol. The topological polar surface area (TPSA) is 97.4 Å². The van der Waals surface area contributed by atoms with Gasteiger partial charge >= 0.3 is 0 Å². The Morgan fingerprint density at radius 1 is 1.47 bits per heavy atom. The fourth-order valence-electron chi connectivity index (χ4n) is 1.16. The van der Waals surface area contributed by atoms with Crippen molar-refractivity contribution in [2.24, 2.45) is 0 Å². The van der Waals surface area contributed by atoms with Crippen molar-refractivity contribution in [3.63, 3.8) is 0 Å². The largest absolute Gasteiger partial charge is 0.392 e. The molecule has 0 amide bonds. The first kappa shape index (κ1) is 11.6. The average Bonchev–Trinajstić information content (AvgIpc) is 2.28. The summed E-state index contributed by atoms with van der Waals surface area (Å²) in [6.07, 6.45) is -1.08. The van der Waals surface area contributed by atoms with Crippen molar-refractivity contribution in [3.8, 4) is 6.07 Å². The molecule has 3 N–H and O–H groups in total. The minimum Gasteiger partial charge on any atom is -0.392 e. The molecular formula is C10H12N2O3. The van der Waals surface area contributed by atoms with Crippen LogP contribution < -0.4 is 0 Å². The minimum absolute atomic E-state index is 0.156. The minimum atomic E-state index is -1.20. The van der Waals surface area contributed by atoms with E-state index in [1.54, 1.807) is 12.1 Å². The zero-order chi connectivity index (χ0) is 11.3. The van der Waals surface area contributed by atoms with Gasteiger partial charge in [-0.2, -0.15) is 5.26 Å². The van der Waals surface area contributed by atoms with E-state index in [1.807, 2.05) is 0 Å². The molecule has 0 aliphatic rings. The summed E-state index contributed by atoms with van der Waals surface area (Å²) in [6, 6.07) is 4.85. The van der Waals surface area contributed by atoms with Crippen LogP contribution in [0.15, 0.2) is 18.3 Å². The molecule has 5 nitrogen and oxygen atoms in total. The maximum Gasteiger partial charge on any atom is 0.123 e. The number of hydrogen-bond acceptors (Lipinski definition) is 5. The van der Waals surface area contributed by atoms with Gasteiger partial charge in [0.15, 0.2) is 0 Å². The van der Waals surface area contributed by atoms with Gasteiger partial charge in [-0.25, -0.2) is 0 Å². The van der Waals surface area contributed by atoms with Crippen LogP contribution in [0.1, 0.15) is 23.8 Å². The Morgan fingerprint density at radius 3 is 2.80 bits per heavy atom. The summed E-state index contributed by atoms with van der Waals surface area (Å²) in [4.78, 5) is 3.86. The summed E-state index contributed by atoms with van der Waals surface area (Å²) in [5.74, 6) is 0. The van der Waals surface area contributed by atoms with Crippen LogP contribution in [0.5, 0.6) is 0 Å². The molecular weight excluding hydrogens is 196 g/mol. The monoisotopic (exact) mass is 208 g/mol. The molecule has 1 rings (SSSR count). The quantitative estimate of drug-likeness (QED) is 0.641. The second-order valence-corrected chi connectivity index (χ2v) is 3.12. The summed E-state index contributed by atoms with van der Waals surface area (Å²) in [5, 5.41) is 36.2.